The molecule has 39 heavy (non-hydrogen) atoms. The third kappa shape index (κ3) is 7.14. The van der Waals surface area contributed by atoms with E-state index in [1.54, 1.807) is 18.2 Å². The highest BCUT2D eigenvalue weighted by Gasteiger charge is 2.19. The van der Waals surface area contributed by atoms with Crippen LogP contribution in [0.3, 0.4) is 0 Å². The molecule has 0 aliphatic rings. The largest absolute Gasteiger partial charge is 0.322 e. The smallest absolute Gasteiger partial charge is 0.261 e. The number of hydrogen-bond acceptors (Lipinski definition) is 5. The van der Waals surface area contributed by atoms with Crippen LogP contribution in [0.15, 0.2) is 102 Å². The van der Waals surface area contributed by atoms with Gasteiger partial charge in [-0.05, 0) is 78.4 Å². The molecule has 0 atom stereocenters. The van der Waals surface area contributed by atoms with Gasteiger partial charge in [0.05, 0.1) is 34.1 Å². The third-order valence-corrected chi connectivity index (χ3v) is 8.45. The fourth-order valence-corrected chi connectivity index (χ4v) is 5.81. The van der Waals surface area contributed by atoms with E-state index < -0.39 is 31.8 Å². The second-order valence-electron chi connectivity index (χ2n) is 8.51. The summed E-state index contributed by atoms with van der Waals surface area (Å²) in [6, 6.07) is 23.5. The van der Waals surface area contributed by atoms with Gasteiger partial charge in [-0.25, -0.2) is 21.2 Å². The summed E-state index contributed by atoms with van der Waals surface area (Å²) in [6.45, 7) is -0.00868. The maximum atomic E-state index is 13.2. The molecule has 0 radical (unpaired) electrons. The van der Waals surface area contributed by atoms with Gasteiger partial charge in [-0.1, -0.05) is 35.9 Å². The number of rotatable bonds is 9. The van der Waals surface area contributed by atoms with Gasteiger partial charge in [0, 0.05) is 11.3 Å². The number of anilines is 3. The highest BCUT2D eigenvalue weighted by molar-refractivity contribution is 7.92. The number of nitrogens with zero attached hydrogens (tertiary/aromatic N) is 1. The van der Waals surface area contributed by atoms with Crippen LogP contribution in [0.2, 0.25) is 5.02 Å². The molecule has 12 heteroatoms. The first-order valence-corrected chi connectivity index (χ1v) is 15.1. The number of hydrogen-bond donors (Lipinski definition) is 2. The first-order chi connectivity index (χ1) is 18.4. The van der Waals surface area contributed by atoms with Crippen molar-refractivity contribution in [3.05, 3.63) is 119 Å². The molecule has 202 valence electrons. The Kier molecular flexibility index (Phi) is 8.24. The minimum absolute atomic E-state index is 0.00868. The van der Waals surface area contributed by atoms with E-state index in [2.05, 4.69) is 10.0 Å². The van der Waals surface area contributed by atoms with E-state index in [0.29, 0.717) is 16.9 Å². The van der Waals surface area contributed by atoms with Gasteiger partial charge in [0.25, 0.3) is 15.9 Å². The van der Waals surface area contributed by atoms with Crippen molar-refractivity contribution in [1.29, 1.82) is 0 Å². The lowest BCUT2D eigenvalue weighted by Gasteiger charge is -2.22. The average Bonchev–Trinajstić information content (AvgIpc) is 2.89. The third-order valence-electron chi connectivity index (χ3n) is 5.60. The van der Waals surface area contributed by atoms with Crippen LogP contribution in [-0.4, -0.2) is 29.0 Å². The van der Waals surface area contributed by atoms with Crippen LogP contribution in [0.5, 0.6) is 0 Å². The Morgan fingerprint density at radius 1 is 0.846 bits per heavy atom. The van der Waals surface area contributed by atoms with Gasteiger partial charge >= 0.3 is 0 Å². The van der Waals surface area contributed by atoms with Crippen molar-refractivity contribution in [2.24, 2.45) is 0 Å². The summed E-state index contributed by atoms with van der Waals surface area (Å²) in [5, 5.41) is 2.93. The Morgan fingerprint density at radius 3 is 2.05 bits per heavy atom. The normalized spacial score (nSPS) is 11.6. The van der Waals surface area contributed by atoms with Crippen LogP contribution >= 0.6 is 11.6 Å². The number of nitrogens with one attached hydrogen (secondary N) is 2. The van der Waals surface area contributed by atoms with Crippen LogP contribution in [-0.2, 0) is 26.6 Å². The fourth-order valence-electron chi connectivity index (χ4n) is 3.60. The quantitative estimate of drug-likeness (QED) is 0.269. The zero-order valence-corrected chi connectivity index (χ0v) is 22.9. The van der Waals surface area contributed by atoms with Crippen molar-refractivity contribution in [3.63, 3.8) is 0 Å². The lowest BCUT2D eigenvalue weighted by molar-refractivity contribution is 0.102. The van der Waals surface area contributed by atoms with Crippen LogP contribution < -0.4 is 14.3 Å². The average molecular weight is 588 g/mol. The van der Waals surface area contributed by atoms with E-state index in [4.69, 9.17) is 11.6 Å². The van der Waals surface area contributed by atoms with Crippen molar-refractivity contribution in [3.8, 4) is 0 Å². The molecular formula is C27H23ClFN3O5S2. The molecule has 8 nitrogen and oxygen atoms in total. The Hall–Kier alpha value is -3.93. The molecule has 0 fully saturated rings. The summed E-state index contributed by atoms with van der Waals surface area (Å²) in [4.78, 5) is 12.7. The summed E-state index contributed by atoms with van der Waals surface area (Å²) in [5.74, 6) is -0.902. The lowest BCUT2D eigenvalue weighted by atomic mass is 10.1. The molecule has 0 aliphatic carbocycles. The van der Waals surface area contributed by atoms with Gasteiger partial charge < -0.3 is 5.32 Å². The number of sulfonamides is 2. The SMILES string of the molecule is CS(=O)(=O)N(Cc1ccc(F)cc1)c1ccc(C(=O)Nc2ccc(S(=O)(=O)Nc3ccccc3Cl)cc2)cc1. The summed E-state index contributed by atoms with van der Waals surface area (Å²) in [7, 11) is -7.57. The molecular weight excluding hydrogens is 565 g/mol. The molecule has 0 saturated carbocycles. The summed E-state index contributed by atoms with van der Waals surface area (Å²) < 4.78 is 66.9. The second-order valence-corrected chi connectivity index (χ2v) is 12.5. The van der Waals surface area contributed by atoms with Crippen LogP contribution in [0.1, 0.15) is 15.9 Å². The number of carbonyl (C=O) groups is 1. The van der Waals surface area contributed by atoms with E-state index in [9.17, 15) is 26.0 Å². The molecule has 1 amide bonds. The Balaban J connectivity index is 1.45. The van der Waals surface area contributed by atoms with Gasteiger partial charge in [-0.3, -0.25) is 13.8 Å². The van der Waals surface area contributed by atoms with Crippen molar-refractivity contribution >= 4 is 54.6 Å². The molecule has 0 spiro atoms. The van der Waals surface area contributed by atoms with E-state index >= 15 is 0 Å². The summed E-state index contributed by atoms with van der Waals surface area (Å²) in [5.41, 5.74) is 1.78. The molecule has 4 aromatic carbocycles. The Morgan fingerprint density at radius 2 is 1.46 bits per heavy atom. The molecule has 4 rings (SSSR count). The summed E-state index contributed by atoms with van der Waals surface area (Å²) in [6.07, 6.45) is 1.06. The zero-order chi connectivity index (χ0) is 28.2. The minimum atomic E-state index is -3.90. The molecule has 0 bridgehead atoms. The first kappa shape index (κ1) is 28.1. The van der Waals surface area contributed by atoms with Crippen LogP contribution in [0, 0.1) is 5.82 Å². The molecule has 0 heterocycles. The van der Waals surface area contributed by atoms with Gasteiger partial charge in [-0.2, -0.15) is 0 Å². The van der Waals surface area contributed by atoms with Crippen molar-refractivity contribution in [1.82, 2.24) is 0 Å². The first-order valence-electron chi connectivity index (χ1n) is 11.4. The van der Waals surface area contributed by atoms with Crippen LogP contribution in [0.4, 0.5) is 21.5 Å². The number of amides is 1. The number of para-hydroxylation sites is 1. The molecule has 0 unspecified atom stereocenters. The predicted octanol–water partition coefficient (Wildman–Crippen LogP) is 5.50. The molecule has 0 aliphatic heterocycles. The number of benzene rings is 4. The van der Waals surface area contributed by atoms with E-state index in [1.165, 1.54) is 78.9 Å². The topological polar surface area (TPSA) is 113 Å². The number of halogens is 2. The van der Waals surface area contributed by atoms with Crippen molar-refractivity contribution in [2.45, 2.75) is 11.4 Å². The van der Waals surface area contributed by atoms with E-state index in [0.717, 1.165) is 10.6 Å². The maximum Gasteiger partial charge on any atom is 0.261 e. The Labute approximate surface area is 231 Å². The highest BCUT2D eigenvalue weighted by Crippen LogP contribution is 2.25. The minimum Gasteiger partial charge on any atom is -0.322 e. The maximum absolute atomic E-state index is 13.2. The summed E-state index contributed by atoms with van der Waals surface area (Å²) >= 11 is 6.03. The molecule has 2 N–H and O–H groups in total. The second kappa shape index (κ2) is 11.4. The highest BCUT2D eigenvalue weighted by atomic mass is 35.5. The standard InChI is InChI=1S/C27H23ClFN3O5S2/c1-38(34,35)32(18-19-6-10-21(29)11-7-19)23-14-8-20(9-15-23)27(33)30-22-12-16-24(17-13-22)39(36,37)31-26-5-3-2-4-25(26)28/h2-17,31H,18H2,1H3,(H,30,33). The van der Waals surface area contributed by atoms with Crippen molar-refractivity contribution in [2.75, 3.05) is 20.6 Å². The fraction of sp³-hybridized carbons (Fsp3) is 0.0741. The monoisotopic (exact) mass is 587 g/mol. The Bertz CT molecular complexity index is 1700. The molecule has 0 aromatic heterocycles. The van der Waals surface area contributed by atoms with Gasteiger partial charge in [0.15, 0.2) is 0 Å². The van der Waals surface area contributed by atoms with E-state index in [-0.39, 0.29) is 27.7 Å². The molecule has 0 saturated heterocycles. The van der Waals surface area contributed by atoms with Crippen molar-refractivity contribution < 1.29 is 26.0 Å². The van der Waals surface area contributed by atoms with Gasteiger partial charge in [0.2, 0.25) is 10.0 Å². The van der Waals surface area contributed by atoms with E-state index in [1.807, 2.05) is 0 Å². The molecule has 4 aromatic rings. The van der Waals surface area contributed by atoms with Gasteiger partial charge in [0.1, 0.15) is 5.82 Å². The number of carbonyl (C=O) groups excluding carboxylic acids is 1. The van der Waals surface area contributed by atoms with Crippen LogP contribution in [0.25, 0.3) is 0 Å². The van der Waals surface area contributed by atoms with Gasteiger partial charge in [-0.15, -0.1) is 0 Å². The zero-order valence-electron chi connectivity index (χ0n) is 20.5. The lowest BCUT2D eigenvalue weighted by Crippen LogP contribution is -2.29. The predicted molar refractivity (Wildman–Crippen MR) is 151 cm³/mol.